The van der Waals surface area contributed by atoms with E-state index in [1.54, 1.807) is 24.3 Å². The Morgan fingerprint density at radius 2 is 1.71 bits per heavy atom. The van der Waals surface area contributed by atoms with Gasteiger partial charge in [0.15, 0.2) is 0 Å². The molecule has 0 bridgehead atoms. The Morgan fingerprint density at radius 1 is 1.10 bits per heavy atom. The molecule has 0 saturated heterocycles. The molecule has 2 aromatic rings. The van der Waals surface area contributed by atoms with Crippen LogP contribution in [0.15, 0.2) is 47.4 Å². The van der Waals surface area contributed by atoms with Crippen LogP contribution in [-0.4, -0.2) is 15.5 Å². The van der Waals surface area contributed by atoms with E-state index in [9.17, 15) is 8.42 Å². The van der Waals surface area contributed by atoms with E-state index in [0.29, 0.717) is 16.3 Å². The van der Waals surface area contributed by atoms with Gasteiger partial charge in [-0.15, -0.1) is 0 Å². The monoisotopic (exact) mass is 344 g/mol. The summed E-state index contributed by atoms with van der Waals surface area (Å²) in [5.41, 5.74) is 6.63. The van der Waals surface area contributed by atoms with Gasteiger partial charge in [0.2, 0.25) is 0 Å². The van der Waals surface area contributed by atoms with Crippen molar-refractivity contribution in [3.8, 4) is 0 Å². The SMILES string of the molecule is CN(c1ccccc1)S(=O)(=O)c1cc(CN)c(Cl)cc1Cl. The second-order valence-corrected chi connectivity index (χ2v) is 7.14. The molecule has 0 amide bonds. The number of halogens is 2. The van der Waals surface area contributed by atoms with Gasteiger partial charge in [-0.05, 0) is 29.8 Å². The Kier molecular flexibility index (Phi) is 4.78. The van der Waals surface area contributed by atoms with E-state index in [1.807, 2.05) is 6.07 Å². The lowest BCUT2D eigenvalue weighted by molar-refractivity contribution is 0.594. The van der Waals surface area contributed by atoms with Crippen molar-refractivity contribution < 1.29 is 8.42 Å². The zero-order valence-electron chi connectivity index (χ0n) is 11.3. The van der Waals surface area contributed by atoms with Crippen LogP contribution in [0.4, 0.5) is 5.69 Å². The average molecular weight is 345 g/mol. The Bertz CT molecular complexity index is 749. The molecule has 0 aromatic heterocycles. The van der Waals surface area contributed by atoms with Crippen LogP contribution in [0.5, 0.6) is 0 Å². The molecule has 0 aliphatic rings. The molecular weight excluding hydrogens is 331 g/mol. The highest BCUT2D eigenvalue weighted by molar-refractivity contribution is 7.93. The van der Waals surface area contributed by atoms with E-state index in [-0.39, 0.29) is 16.5 Å². The number of para-hydroxylation sites is 1. The van der Waals surface area contributed by atoms with E-state index in [2.05, 4.69) is 0 Å². The quantitative estimate of drug-likeness (QED) is 0.925. The third-order valence-electron chi connectivity index (χ3n) is 3.08. The fourth-order valence-electron chi connectivity index (χ4n) is 1.85. The predicted molar refractivity (Wildman–Crippen MR) is 86.4 cm³/mol. The van der Waals surface area contributed by atoms with Gasteiger partial charge in [-0.2, -0.15) is 0 Å². The molecule has 0 heterocycles. The van der Waals surface area contributed by atoms with Crippen molar-refractivity contribution in [3.63, 3.8) is 0 Å². The molecule has 0 fully saturated rings. The van der Waals surface area contributed by atoms with Crippen molar-refractivity contribution in [2.24, 2.45) is 5.73 Å². The first-order valence-corrected chi connectivity index (χ1v) is 8.29. The molecule has 2 rings (SSSR count). The molecule has 0 saturated carbocycles. The number of hydrogen-bond acceptors (Lipinski definition) is 3. The van der Waals surface area contributed by atoms with Crippen LogP contribution >= 0.6 is 23.2 Å². The second kappa shape index (κ2) is 6.23. The molecule has 0 aliphatic heterocycles. The summed E-state index contributed by atoms with van der Waals surface area (Å²) in [5, 5.41) is 0.420. The Labute approximate surface area is 134 Å². The third-order valence-corrected chi connectivity index (χ3v) is 5.68. The van der Waals surface area contributed by atoms with Crippen LogP contribution in [0.3, 0.4) is 0 Å². The van der Waals surface area contributed by atoms with Gasteiger partial charge in [0.1, 0.15) is 4.90 Å². The summed E-state index contributed by atoms with van der Waals surface area (Å²) in [6.07, 6.45) is 0. The molecule has 2 N–H and O–H groups in total. The molecule has 21 heavy (non-hydrogen) atoms. The maximum atomic E-state index is 12.7. The molecule has 0 spiro atoms. The highest BCUT2D eigenvalue weighted by Gasteiger charge is 2.25. The van der Waals surface area contributed by atoms with E-state index in [1.165, 1.54) is 23.5 Å². The number of anilines is 1. The Morgan fingerprint density at radius 3 is 2.29 bits per heavy atom. The highest BCUT2D eigenvalue weighted by Crippen LogP contribution is 2.31. The van der Waals surface area contributed by atoms with Crippen molar-refractivity contribution in [3.05, 3.63) is 58.1 Å². The maximum absolute atomic E-state index is 12.7. The molecule has 0 aliphatic carbocycles. The van der Waals surface area contributed by atoms with Crippen molar-refractivity contribution in [2.45, 2.75) is 11.4 Å². The Balaban J connectivity index is 2.54. The third kappa shape index (κ3) is 3.16. The fraction of sp³-hybridized carbons (Fsp3) is 0.143. The summed E-state index contributed by atoms with van der Waals surface area (Å²) in [5.74, 6) is 0. The van der Waals surface area contributed by atoms with Gasteiger partial charge < -0.3 is 5.73 Å². The van der Waals surface area contributed by atoms with Gasteiger partial charge in [0.25, 0.3) is 10.0 Å². The maximum Gasteiger partial charge on any atom is 0.265 e. The predicted octanol–water partition coefficient (Wildman–Crippen LogP) is 3.28. The minimum absolute atomic E-state index is 0.0135. The van der Waals surface area contributed by atoms with E-state index in [0.717, 1.165) is 0 Å². The molecule has 2 aromatic carbocycles. The molecule has 4 nitrogen and oxygen atoms in total. The number of sulfonamides is 1. The largest absolute Gasteiger partial charge is 0.326 e. The minimum atomic E-state index is -3.78. The summed E-state index contributed by atoms with van der Waals surface area (Å²) in [6, 6.07) is 11.5. The van der Waals surface area contributed by atoms with Crippen molar-refractivity contribution >= 4 is 38.9 Å². The molecule has 0 radical (unpaired) electrons. The number of nitrogens with two attached hydrogens (primary N) is 1. The number of hydrogen-bond donors (Lipinski definition) is 1. The topological polar surface area (TPSA) is 63.4 Å². The molecule has 0 atom stereocenters. The smallest absolute Gasteiger partial charge is 0.265 e. The number of rotatable bonds is 4. The van der Waals surface area contributed by atoms with E-state index >= 15 is 0 Å². The highest BCUT2D eigenvalue weighted by atomic mass is 35.5. The zero-order valence-corrected chi connectivity index (χ0v) is 13.6. The molecule has 7 heteroatoms. The van der Waals surface area contributed by atoms with Gasteiger partial charge in [0, 0.05) is 18.6 Å². The normalized spacial score (nSPS) is 11.4. The van der Waals surface area contributed by atoms with Crippen LogP contribution in [0, 0.1) is 0 Å². The van der Waals surface area contributed by atoms with E-state index < -0.39 is 10.0 Å². The minimum Gasteiger partial charge on any atom is -0.326 e. The van der Waals surface area contributed by atoms with Crippen LogP contribution < -0.4 is 10.0 Å². The van der Waals surface area contributed by atoms with Gasteiger partial charge in [0.05, 0.1) is 10.7 Å². The first-order chi connectivity index (χ1) is 9.87. The van der Waals surface area contributed by atoms with Crippen molar-refractivity contribution in [1.82, 2.24) is 0 Å². The standard InChI is InChI=1S/C14H14Cl2N2O2S/c1-18(11-5-3-2-4-6-11)21(19,20)14-7-10(9-17)12(15)8-13(14)16/h2-8H,9,17H2,1H3. The number of nitrogens with zero attached hydrogens (tertiary/aromatic N) is 1. The number of benzene rings is 2. The lowest BCUT2D eigenvalue weighted by Crippen LogP contribution is -2.27. The summed E-state index contributed by atoms with van der Waals surface area (Å²) in [4.78, 5) is -0.0135. The molecule has 112 valence electrons. The fourth-order valence-corrected chi connectivity index (χ4v) is 3.89. The summed E-state index contributed by atoms with van der Waals surface area (Å²) < 4.78 is 26.5. The first kappa shape index (κ1) is 16.1. The van der Waals surface area contributed by atoms with Crippen molar-refractivity contribution in [2.75, 3.05) is 11.4 Å². The van der Waals surface area contributed by atoms with Crippen LogP contribution in [-0.2, 0) is 16.6 Å². The lowest BCUT2D eigenvalue weighted by Gasteiger charge is -2.20. The molecule has 0 unspecified atom stereocenters. The molecular formula is C14H14Cl2N2O2S. The van der Waals surface area contributed by atoms with Crippen LogP contribution in [0.2, 0.25) is 10.0 Å². The Hall–Kier alpha value is -1.27. The van der Waals surface area contributed by atoms with Crippen molar-refractivity contribution in [1.29, 1.82) is 0 Å². The van der Waals surface area contributed by atoms with Crippen LogP contribution in [0.1, 0.15) is 5.56 Å². The van der Waals surface area contributed by atoms with Gasteiger partial charge >= 0.3 is 0 Å². The second-order valence-electron chi connectivity index (χ2n) is 4.39. The lowest BCUT2D eigenvalue weighted by atomic mass is 10.2. The van der Waals surface area contributed by atoms with Gasteiger partial charge in [-0.25, -0.2) is 8.42 Å². The average Bonchev–Trinajstić information content (AvgIpc) is 2.47. The summed E-state index contributed by atoms with van der Waals surface area (Å²) in [6.45, 7) is 0.133. The van der Waals surface area contributed by atoms with Gasteiger partial charge in [-0.1, -0.05) is 41.4 Å². The van der Waals surface area contributed by atoms with E-state index in [4.69, 9.17) is 28.9 Å². The van der Waals surface area contributed by atoms with Gasteiger partial charge in [-0.3, -0.25) is 4.31 Å². The summed E-state index contributed by atoms with van der Waals surface area (Å²) >= 11 is 12.0. The first-order valence-electron chi connectivity index (χ1n) is 6.10. The van der Waals surface area contributed by atoms with Crippen LogP contribution in [0.25, 0.3) is 0 Å². The zero-order chi connectivity index (χ0) is 15.6. The summed E-state index contributed by atoms with van der Waals surface area (Å²) in [7, 11) is -2.31.